The minimum Gasteiger partial charge on any atom is -0.507 e. The maximum absolute atomic E-state index is 9.48. The number of unbranched alkanes of at least 4 members (excludes halogenated alkanes) is 1. The molecule has 3 nitrogen and oxygen atoms in total. The summed E-state index contributed by atoms with van der Waals surface area (Å²) in [6.45, 7) is 4.88. The van der Waals surface area contributed by atoms with Crippen molar-refractivity contribution in [3.8, 4) is 5.75 Å². The smallest absolute Gasteiger partial charge is 0.124 e. The molecule has 2 N–H and O–H groups in total. The minimum absolute atomic E-state index is 0.283. The molecule has 0 aliphatic rings. The molecule has 0 aliphatic carbocycles. The summed E-state index contributed by atoms with van der Waals surface area (Å²) in [6, 6.07) is 7.21. The first kappa shape index (κ1) is 12.7. The van der Waals surface area contributed by atoms with Gasteiger partial charge in [-0.25, -0.2) is 0 Å². The molecular weight excluding hydrogens is 200 g/mol. The van der Waals surface area contributed by atoms with Gasteiger partial charge in [0.15, 0.2) is 0 Å². The second kappa shape index (κ2) is 7.88. The van der Waals surface area contributed by atoms with Gasteiger partial charge in [0.1, 0.15) is 5.75 Å². The average Bonchev–Trinajstić information content (AvgIpc) is 2.30. The molecule has 3 heteroatoms. The number of nitrogens with zero attached hydrogens (tertiary/aromatic N) is 1. The van der Waals surface area contributed by atoms with Crippen LogP contribution in [0.15, 0.2) is 29.3 Å². The maximum atomic E-state index is 9.48. The third-order valence-electron chi connectivity index (χ3n) is 2.29. The lowest BCUT2D eigenvalue weighted by Crippen LogP contribution is -2.18. The number of phenolic OH excluding ortho intramolecular Hbond substituents is 1. The lowest BCUT2D eigenvalue weighted by molar-refractivity contribution is 0.474. The van der Waals surface area contributed by atoms with Crippen molar-refractivity contribution in [3.05, 3.63) is 29.8 Å². The largest absolute Gasteiger partial charge is 0.507 e. The number of benzene rings is 1. The molecule has 0 aromatic heterocycles. The van der Waals surface area contributed by atoms with Crippen LogP contribution in [0.3, 0.4) is 0 Å². The molecule has 1 rings (SSSR count). The van der Waals surface area contributed by atoms with Crippen molar-refractivity contribution in [2.24, 2.45) is 4.99 Å². The van der Waals surface area contributed by atoms with E-state index in [2.05, 4.69) is 17.2 Å². The fourth-order valence-electron chi connectivity index (χ4n) is 1.33. The van der Waals surface area contributed by atoms with Crippen LogP contribution in [0.2, 0.25) is 0 Å². The van der Waals surface area contributed by atoms with Crippen LogP contribution in [0.5, 0.6) is 5.75 Å². The van der Waals surface area contributed by atoms with E-state index in [9.17, 15) is 5.11 Å². The van der Waals surface area contributed by atoms with Crippen LogP contribution in [-0.4, -0.2) is 31.0 Å². The fourth-order valence-corrected chi connectivity index (χ4v) is 1.33. The van der Waals surface area contributed by atoms with Crippen LogP contribution in [0.1, 0.15) is 25.3 Å². The highest BCUT2D eigenvalue weighted by Gasteiger charge is 1.93. The van der Waals surface area contributed by atoms with Crippen molar-refractivity contribution in [3.63, 3.8) is 0 Å². The molecule has 0 heterocycles. The van der Waals surface area contributed by atoms with Crippen LogP contribution in [0.25, 0.3) is 0 Å². The first-order valence-corrected chi connectivity index (χ1v) is 5.83. The molecule has 1 aromatic carbocycles. The van der Waals surface area contributed by atoms with Crippen molar-refractivity contribution in [1.82, 2.24) is 5.32 Å². The van der Waals surface area contributed by atoms with Gasteiger partial charge in [0.2, 0.25) is 0 Å². The van der Waals surface area contributed by atoms with E-state index < -0.39 is 0 Å². The lowest BCUT2D eigenvalue weighted by Gasteiger charge is -2.00. The lowest BCUT2D eigenvalue weighted by atomic mass is 10.2. The number of rotatable bonds is 7. The van der Waals surface area contributed by atoms with Crippen LogP contribution >= 0.6 is 0 Å². The number of phenols is 1. The van der Waals surface area contributed by atoms with Crippen molar-refractivity contribution >= 4 is 6.21 Å². The van der Waals surface area contributed by atoms with E-state index in [0.29, 0.717) is 0 Å². The Morgan fingerprint density at radius 3 is 2.88 bits per heavy atom. The molecule has 16 heavy (non-hydrogen) atoms. The van der Waals surface area contributed by atoms with Crippen molar-refractivity contribution < 1.29 is 5.11 Å². The summed E-state index contributed by atoms with van der Waals surface area (Å²) < 4.78 is 0. The molecule has 0 atom stereocenters. The Morgan fingerprint density at radius 2 is 2.12 bits per heavy atom. The zero-order valence-electron chi connectivity index (χ0n) is 9.82. The molecule has 0 spiro atoms. The summed E-state index contributed by atoms with van der Waals surface area (Å²) in [5, 5.41) is 12.8. The van der Waals surface area contributed by atoms with Gasteiger partial charge < -0.3 is 10.4 Å². The molecule has 88 valence electrons. The third-order valence-corrected chi connectivity index (χ3v) is 2.29. The molecule has 0 unspecified atom stereocenters. The summed E-state index contributed by atoms with van der Waals surface area (Å²) in [6.07, 6.45) is 4.15. The summed E-state index contributed by atoms with van der Waals surface area (Å²) in [5.74, 6) is 0.283. The topological polar surface area (TPSA) is 44.6 Å². The Kier molecular flexibility index (Phi) is 6.26. The molecule has 0 amide bonds. The number of aromatic hydroxyl groups is 1. The standard InChI is InChI=1S/C13H20N2O/c1-2-3-8-14-9-10-15-11-12-6-4-5-7-13(12)16/h4-7,11,14,16H,2-3,8-10H2,1H3. The molecule has 0 radical (unpaired) electrons. The van der Waals surface area contributed by atoms with Crippen LogP contribution < -0.4 is 5.32 Å². The van der Waals surface area contributed by atoms with E-state index in [-0.39, 0.29) is 5.75 Å². The number of para-hydroxylation sites is 1. The summed E-state index contributed by atoms with van der Waals surface area (Å²) in [7, 11) is 0. The number of aliphatic imine (C=N–C) groups is 1. The molecular formula is C13H20N2O. The Bertz CT molecular complexity index is 323. The van der Waals surface area contributed by atoms with E-state index in [1.807, 2.05) is 12.1 Å². The van der Waals surface area contributed by atoms with E-state index in [4.69, 9.17) is 0 Å². The van der Waals surface area contributed by atoms with Gasteiger partial charge in [-0.1, -0.05) is 25.5 Å². The Balaban J connectivity index is 2.20. The van der Waals surface area contributed by atoms with Gasteiger partial charge in [-0.15, -0.1) is 0 Å². The van der Waals surface area contributed by atoms with E-state index in [1.165, 1.54) is 12.8 Å². The first-order valence-electron chi connectivity index (χ1n) is 5.83. The normalized spacial score (nSPS) is 11.1. The predicted molar refractivity (Wildman–Crippen MR) is 68.3 cm³/mol. The average molecular weight is 220 g/mol. The minimum atomic E-state index is 0.283. The van der Waals surface area contributed by atoms with Crippen LogP contribution in [0.4, 0.5) is 0 Å². The summed E-state index contributed by atoms with van der Waals surface area (Å²) >= 11 is 0. The molecule has 0 fully saturated rings. The van der Waals surface area contributed by atoms with Crippen LogP contribution in [-0.2, 0) is 0 Å². The number of hydrogen-bond acceptors (Lipinski definition) is 3. The highest BCUT2D eigenvalue weighted by molar-refractivity contribution is 5.83. The fraction of sp³-hybridized carbons (Fsp3) is 0.462. The van der Waals surface area contributed by atoms with Gasteiger partial charge in [0.05, 0.1) is 6.54 Å². The molecule has 0 saturated heterocycles. The summed E-state index contributed by atoms with van der Waals surface area (Å²) in [5.41, 5.74) is 0.774. The van der Waals surface area contributed by atoms with Gasteiger partial charge in [-0.05, 0) is 25.1 Å². The monoisotopic (exact) mass is 220 g/mol. The van der Waals surface area contributed by atoms with Crippen molar-refractivity contribution in [2.75, 3.05) is 19.6 Å². The third kappa shape index (κ3) is 4.94. The predicted octanol–water partition coefficient (Wildman–Crippen LogP) is 2.20. The van der Waals surface area contributed by atoms with E-state index in [1.54, 1.807) is 18.3 Å². The second-order valence-electron chi connectivity index (χ2n) is 3.70. The van der Waals surface area contributed by atoms with Gasteiger partial charge in [0.25, 0.3) is 0 Å². The Labute approximate surface area is 97.2 Å². The van der Waals surface area contributed by atoms with E-state index in [0.717, 1.165) is 25.2 Å². The van der Waals surface area contributed by atoms with Gasteiger partial charge in [0, 0.05) is 18.3 Å². The summed E-state index contributed by atoms with van der Waals surface area (Å²) in [4.78, 5) is 4.25. The first-order chi connectivity index (χ1) is 7.84. The number of nitrogens with one attached hydrogen (secondary N) is 1. The SMILES string of the molecule is CCCCNCCN=Cc1ccccc1O. The van der Waals surface area contributed by atoms with Gasteiger partial charge in [-0.2, -0.15) is 0 Å². The zero-order chi connectivity index (χ0) is 11.6. The Hall–Kier alpha value is -1.35. The highest BCUT2D eigenvalue weighted by atomic mass is 16.3. The van der Waals surface area contributed by atoms with Crippen molar-refractivity contribution in [1.29, 1.82) is 0 Å². The highest BCUT2D eigenvalue weighted by Crippen LogP contribution is 2.12. The molecule has 0 aliphatic heterocycles. The molecule has 0 bridgehead atoms. The quantitative estimate of drug-likeness (QED) is 0.546. The molecule has 0 saturated carbocycles. The second-order valence-corrected chi connectivity index (χ2v) is 3.70. The van der Waals surface area contributed by atoms with Crippen molar-refractivity contribution in [2.45, 2.75) is 19.8 Å². The molecule has 1 aromatic rings. The van der Waals surface area contributed by atoms with Crippen LogP contribution in [0, 0.1) is 0 Å². The zero-order valence-corrected chi connectivity index (χ0v) is 9.82. The Morgan fingerprint density at radius 1 is 1.31 bits per heavy atom. The number of hydrogen-bond donors (Lipinski definition) is 2. The maximum Gasteiger partial charge on any atom is 0.124 e. The van der Waals surface area contributed by atoms with E-state index >= 15 is 0 Å². The van der Waals surface area contributed by atoms with Gasteiger partial charge >= 0.3 is 0 Å². The van der Waals surface area contributed by atoms with Gasteiger partial charge in [-0.3, -0.25) is 4.99 Å².